The van der Waals surface area contributed by atoms with Crippen LogP contribution in [0.5, 0.6) is 0 Å². The van der Waals surface area contributed by atoms with E-state index in [1.165, 1.54) is 30.4 Å². The highest BCUT2D eigenvalue weighted by atomic mass is 16.6. The fourth-order valence-electron chi connectivity index (χ4n) is 2.49. The van der Waals surface area contributed by atoms with Crippen LogP contribution in [0.15, 0.2) is 46.7 Å². The lowest BCUT2D eigenvalue weighted by Gasteiger charge is -2.19. The minimum Gasteiger partial charge on any atom is -0.289 e. The minimum atomic E-state index is -1.62. The number of Topliss-reactive ketones (excluding diaryl/α,β-unsaturated/α-hetero) is 2. The Morgan fingerprint density at radius 3 is 2.68 bits per heavy atom. The van der Waals surface area contributed by atoms with Gasteiger partial charge in [0.05, 0.1) is 11.1 Å². The lowest BCUT2D eigenvalue weighted by molar-refractivity contribution is -0.495. The van der Waals surface area contributed by atoms with E-state index in [9.17, 15) is 24.6 Å². The Kier molecular flexibility index (Phi) is 3.00. The first-order valence-electron chi connectivity index (χ1n) is 6.17. The maximum absolute atomic E-state index is 12.6. The van der Waals surface area contributed by atoms with E-state index in [2.05, 4.69) is 17.0 Å². The third-order valence-corrected chi connectivity index (χ3v) is 3.43. The molecule has 3 rings (SSSR count). The summed E-state index contributed by atoms with van der Waals surface area (Å²) in [5.74, 6) is 3.42. The summed E-state index contributed by atoms with van der Waals surface area (Å²) >= 11 is 0. The molecule has 0 saturated carbocycles. The van der Waals surface area contributed by atoms with Crippen molar-refractivity contribution in [1.82, 2.24) is 0 Å². The van der Waals surface area contributed by atoms with E-state index < -0.39 is 22.5 Å². The zero-order chi connectivity index (χ0) is 15.9. The average Bonchev–Trinajstić information content (AvgIpc) is 2.75. The third kappa shape index (κ3) is 1.78. The Balaban J connectivity index is 2.33. The smallest absolute Gasteiger partial charge is 0.289 e. The lowest BCUT2D eigenvalue weighted by atomic mass is 9.81. The SMILES string of the molecule is O=Nc1cccc2c1C(=O)C1=C(C=CC#CC1[N+](=O)[O-])C2=O. The number of fused-ring (bicyclic) bond motifs is 1. The molecule has 106 valence electrons. The number of nitro groups is 1. The molecule has 1 aromatic rings. The van der Waals surface area contributed by atoms with Crippen LogP contribution in [0, 0.1) is 26.9 Å². The fraction of sp³-hybridized carbons (Fsp3) is 0.0667. The van der Waals surface area contributed by atoms with Crippen LogP contribution in [0.25, 0.3) is 0 Å². The molecule has 0 amide bonds. The zero-order valence-electron chi connectivity index (χ0n) is 10.9. The summed E-state index contributed by atoms with van der Waals surface area (Å²) in [6.45, 7) is 0. The van der Waals surface area contributed by atoms with Gasteiger partial charge in [0.2, 0.25) is 5.78 Å². The van der Waals surface area contributed by atoms with Crippen LogP contribution in [0.4, 0.5) is 5.69 Å². The first kappa shape index (κ1) is 13.6. The van der Waals surface area contributed by atoms with E-state index in [0.29, 0.717) is 0 Å². The number of hydrogen-bond donors (Lipinski definition) is 0. The van der Waals surface area contributed by atoms with Crippen LogP contribution in [0.1, 0.15) is 20.7 Å². The normalized spacial score (nSPS) is 18.8. The van der Waals surface area contributed by atoms with E-state index >= 15 is 0 Å². The number of carbonyl (C=O) groups is 2. The van der Waals surface area contributed by atoms with Gasteiger partial charge in [-0.05, 0) is 29.3 Å². The first-order valence-corrected chi connectivity index (χ1v) is 6.17. The Labute approximate surface area is 123 Å². The maximum atomic E-state index is 12.6. The van der Waals surface area contributed by atoms with Crippen molar-refractivity contribution < 1.29 is 14.5 Å². The topological polar surface area (TPSA) is 107 Å². The molecule has 0 saturated heterocycles. The van der Waals surface area contributed by atoms with Gasteiger partial charge in [-0.3, -0.25) is 19.7 Å². The molecule has 0 bridgehead atoms. The van der Waals surface area contributed by atoms with Crippen molar-refractivity contribution in [2.24, 2.45) is 5.18 Å². The number of nitroso groups, excluding NO2 is 1. The van der Waals surface area contributed by atoms with Gasteiger partial charge in [0.25, 0.3) is 0 Å². The quantitative estimate of drug-likeness (QED) is 0.359. The van der Waals surface area contributed by atoms with Crippen LogP contribution in [-0.2, 0) is 0 Å². The second kappa shape index (κ2) is 4.86. The number of allylic oxidation sites excluding steroid dienone is 3. The van der Waals surface area contributed by atoms with Gasteiger partial charge in [0.1, 0.15) is 5.69 Å². The van der Waals surface area contributed by atoms with Crippen LogP contribution >= 0.6 is 0 Å². The molecule has 0 heterocycles. The molecule has 0 spiro atoms. The average molecular weight is 294 g/mol. The van der Waals surface area contributed by atoms with Gasteiger partial charge in [0.15, 0.2) is 5.78 Å². The highest BCUT2D eigenvalue weighted by molar-refractivity contribution is 6.30. The Bertz CT molecular complexity index is 883. The largest absolute Gasteiger partial charge is 0.302 e. The molecule has 7 heteroatoms. The Hall–Kier alpha value is -3.40. The van der Waals surface area contributed by atoms with Crippen molar-refractivity contribution in [2.45, 2.75) is 6.04 Å². The second-order valence-corrected chi connectivity index (χ2v) is 4.59. The molecule has 0 radical (unpaired) electrons. The summed E-state index contributed by atoms with van der Waals surface area (Å²) in [5, 5.41) is 13.9. The van der Waals surface area contributed by atoms with Crippen LogP contribution < -0.4 is 0 Å². The molecular weight excluding hydrogens is 288 g/mol. The van der Waals surface area contributed by atoms with Crippen molar-refractivity contribution in [3.05, 3.63) is 67.6 Å². The predicted octanol–water partition coefficient (Wildman–Crippen LogP) is 1.98. The molecule has 0 aliphatic heterocycles. The van der Waals surface area contributed by atoms with E-state index in [4.69, 9.17) is 0 Å². The number of nitrogens with zero attached hydrogens (tertiary/aromatic N) is 2. The molecule has 2 aliphatic carbocycles. The van der Waals surface area contributed by atoms with Gasteiger partial charge in [0, 0.05) is 16.1 Å². The fourth-order valence-corrected chi connectivity index (χ4v) is 2.49. The van der Waals surface area contributed by atoms with Gasteiger partial charge in [-0.25, -0.2) is 0 Å². The number of carbonyl (C=O) groups excluding carboxylic acids is 2. The molecule has 2 aliphatic rings. The van der Waals surface area contributed by atoms with Crippen molar-refractivity contribution in [3.63, 3.8) is 0 Å². The highest BCUT2D eigenvalue weighted by Gasteiger charge is 2.41. The summed E-state index contributed by atoms with van der Waals surface area (Å²) in [6.07, 6.45) is 2.58. The van der Waals surface area contributed by atoms with E-state index in [-0.39, 0.29) is 28.0 Å². The van der Waals surface area contributed by atoms with Crippen LogP contribution in [0.2, 0.25) is 0 Å². The van der Waals surface area contributed by atoms with Crippen molar-refractivity contribution >= 4 is 17.3 Å². The van der Waals surface area contributed by atoms with E-state index in [1.807, 2.05) is 0 Å². The summed E-state index contributed by atoms with van der Waals surface area (Å²) in [4.78, 5) is 46.4. The van der Waals surface area contributed by atoms with Gasteiger partial charge >= 0.3 is 6.04 Å². The number of hydrogen-bond acceptors (Lipinski definition) is 6. The molecule has 1 atom stereocenters. The molecule has 1 aromatic carbocycles. The van der Waals surface area contributed by atoms with E-state index in [1.54, 1.807) is 0 Å². The van der Waals surface area contributed by atoms with Gasteiger partial charge in [-0.2, -0.15) is 0 Å². The molecule has 22 heavy (non-hydrogen) atoms. The summed E-state index contributed by atoms with van der Waals surface area (Å²) in [5.41, 5.74) is -0.815. The predicted molar refractivity (Wildman–Crippen MR) is 75.3 cm³/mol. The highest BCUT2D eigenvalue weighted by Crippen LogP contribution is 2.35. The minimum absolute atomic E-state index is 0.00879. The second-order valence-electron chi connectivity index (χ2n) is 4.59. The summed E-state index contributed by atoms with van der Waals surface area (Å²) < 4.78 is 0. The van der Waals surface area contributed by atoms with Crippen molar-refractivity contribution in [1.29, 1.82) is 0 Å². The zero-order valence-corrected chi connectivity index (χ0v) is 10.9. The molecule has 0 fully saturated rings. The third-order valence-electron chi connectivity index (χ3n) is 3.43. The number of rotatable bonds is 2. The lowest BCUT2D eigenvalue weighted by Crippen LogP contribution is -2.32. The van der Waals surface area contributed by atoms with Crippen molar-refractivity contribution in [2.75, 3.05) is 0 Å². The number of benzene rings is 1. The van der Waals surface area contributed by atoms with Crippen molar-refractivity contribution in [3.8, 4) is 11.8 Å². The van der Waals surface area contributed by atoms with Crippen LogP contribution in [-0.4, -0.2) is 22.5 Å². The standard InChI is InChI=1S/C15H6N2O5/c18-14-8-5-3-6-10(16-20)12(8)15(19)13-9(14)4-1-2-7-11(13)17(21)22/h1,3-6,11H. The maximum Gasteiger partial charge on any atom is 0.302 e. The molecule has 1 unspecified atom stereocenters. The first-order chi connectivity index (χ1) is 10.6. The van der Waals surface area contributed by atoms with Gasteiger partial charge in [-0.15, -0.1) is 4.91 Å². The molecular formula is C15H6N2O5. The summed E-state index contributed by atoms with van der Waals surface area (Å²) in [7, 11) is 0. The monoisotopic (exact) mass is 294 g/mol. The number of ketones is 2. The molecule has 7 nitrogen and oxygen atoms in total. The molecule has 0 aromatic heterocycles. The van der Waals surface area contributed by atoms with Crippen LogP contribution in [0.3, 0.4) is 0 Å². The Morgan fingerprint density at radius 2 is 2.00 bits per heavy atom. The Morgan fingerprint density at radius 1 is 1.23 bits per heavy atom. The van der Waals surface area contributed by atoms with Gasteiger partial charge in [-0.1, -0.05) is 18.1 Å². The summed E-state index contributed by atoms with van der Waals surface area (Å²) in [6, 6.07) is 2.47. The molecule has 0 N–H and O–H groups in total. The van der Waals surface area contributed by atoms with E-state index in [0.717, 1.165) is 0 Å². The van der Waals surface area contributed by atoms with Gasteiger partial charge < -0.3 is 0 Å².